The Morgan fingerprint density at radius 2 is 1.68 bits per heavy atom. The summed E-state index contributed by atoms with van der Waals surface area (Å²) in [6.07, 6.45) is 6.48. The Labute approximate surface area is 181 Å². The van der Waals surface area contributed by atoms with Gasteiger partial charge in [-0.25, -0.2) is 4.79 Å². The topological polar surface area (TPSA) is 54.1 Å². The molecule has 0 bridgehead atoms. The molecule has 0 radical (unpaired) electrons. The van der Waals surface area contributed by atoms with Crippen molar-refractivity contribution in [2.45, 2.75) is 12.3 Å². The fraction of sp³-hybridized carbons (Fsp3) is 0.148. The zero-order chi connectivity index (χ0) is 21.0. The van der Waals surface area contributed by atoms with Gasteiger partial charge in [0.25, 0.3) is 0 Å². The van der Waals surface area contributed by atoms with Gasteiger partial charge in [-0.1, -0.05) is 72.8 Å². The van der Waals surface area contributed by atoms with E-state index in [0.717, 1.165) is 11.9 Å². The van der Waals surface area contributed by atoms with E-state index in [9.17, 15) is 4.79 Å². The molecule has 4 nitrogen and oxygen atoms in total. The molecule has 1 amide bonds. The minimum atomic E-state index is -0.372. The molecule has 3 aromatic carbocycles. The molecule has 1 heterocycles. The van der Waals surface area contributed by atoms with Crippen molar-refractivity contribution in [1.29, 1.82) is 0 Å². The maximum Gasteiger partial charge on any atom is 0.407 e. The maximum atomic E-state index is 12.2. The Kier molecular flexibility index (Phi) is 5.28. The second-order valence-electron chi connectivity index (χ2n) is 7.73. The normalized spacial score (nSPS) is 12.8. The van der Waals surface area contributed by atoms with E-state index in [-0.39, 0.29) is 12.0 Å². The molecule has 0 atom stereocenters. The number of hydrogen-bond donors (Lipinski definition) is 2. The van der Waals surface area contributed by atoms with E-state index < -0.39 is 0 Å². The van der Waals surface area contributed by atoms with Crippen molar-refractivity contribution in [3.05, 3.63) is 102 Å². The number of hydrogen-bond acceptors (Lipinski definition) is 2. The van der Waals surface area contributed by atoms with E-state index in [1.54, 1.807) is 0 Å². The highest BCUT2D eigenvalue weighted by Gasteiger charge is 2.28. The number of aromatic amines is 1. The largest absolute Gasteiger partial charge is 0.449 e. The number of H-pyrrole nitrogens is 1. The highest BCUT2D eigenvalue weighted by molar-refractivity contribution is 5.88. The molecule has 0 saturated heterocycles. The zero-order valence-electron chi connectivity index (χ0n) is 17.2. The molecule has 154 valence electrons. The second-order valence-corrected chi connectivity index (χ2v) is 7.73. The van der Waals surface area contributed by atoms with Crippen LogP contribution in [-0.2, 0) is 4.74 Å². The van der Waals surface area contributed by atoms with Crippen molar-refractivity contribution in [1.82, 2.24) is 10.3 Å². The number of nitrogens with one attached hydrogen (secondary N) is 2. The van der Waals surface area contributed by atoms with Gasteiger partial charge in [-0.15, -0.1) is 0 Å². The van der Waals surface area contributed by atoms with Crippen molar-refractivity contribution >= 4 is 23.1 Å². The summed E-state index contributed by atoms with van der Waals surface area (Å²) < 4.78 is 5.57. The number of carbonyl (C=O) groups is 1. The van der Waals surface area contributed by atoms with Gasteiger partial charge in [0.1, 0.15) is 6.61 Å². The number of rotatable bonds is 6. The SMILES string of the molecule is O=C(NCCC=Cc1cccc2[nH]ccc12)OCC1c2ccccc2-c2ccccc21. The Hall–Kier alpha value is -3.79. The van der Waals surface area contributed by atoms with Crippen molar-refractivity contribution < 1.29 is 9.53 Å². The fourth-order valence-corrected chi connectivity index (χ4v) is 4.37. The Balaban J connectivity index is 1.14. The quantitative estimate of drug-likeness (QED) is 0.378. The first kappa shape index (κ1) is 19.2. The van der Waals surface area contributed by atoms with Gasteiger partial charge in [-0.05, 0) is 46.4 Å². The summed E-state index contributed by atoms with van der Waals surface area (Å²) in [7, 11) is 0. The molecule has 1 aliphatic rings. The molecule has 0 fully saturated rings. The maximum absolute atomic E-state index is 12.2. The monoisotopic (exact) mass is 408 g/mol. The second kappa shape index (κ2) is 8.52. The predicted octanol–water partition coefficient (Wildman–Crippen LogP) is 6.11. The molecule has 0 unspecified atom stereocenters. The Bertz CT molecular complexity index is 1210. The number of benzene rings is 3. The lowest BCUT2D eigenvalue weighted by Gasteiger charge is -2.14. The van der Waals surface area contributed by atoms with Gasteiger partial charge in [0, 0.05) is 29.6 Å². The van der Waals surface area contributed by atoms with E-state index >= 15 is 0 Å². The van der Waals surface area contributed by atoms with Gasteiger partial charge in [0.05, 0.1) is 0 Å². The lowest BCUT2D eigenvalue weighted by molar-refractivity contribution is 0.143. The summed E-state index contributed by atoms with van der Waals surface area (Å²) in [4.78, 5) is 15.5. The van der Waals surface area contributed by atoms with Crippen molar-refractivity contribution in [2.75, 3.05) is 13.2 Å². The Morgan fingerprint density at radius 1 is 0.935 bits per heavy atom. The summed E-state index contributed by atoms with van der Waals surface area (Å²) in [5, 5.41) is 4.05. The fourth-order valence-electron chi connectivity index (χ4n) is 4.37. The molecule has 1 aromatic heterocycles. The standard InChI is InChI=1S/C27H24N2O2/c30-27(29-16-6-5-8-19-9-7-14-26-20(19)15-17-28-26)31-18-25-23-12-3-1-10-21(23)22-11-2-4-13-24(22)25/h1-5,7-15,17,25,28H,6,16,18H2,(H,29,30). The lowest BCUT2D eigenvalue weighted by atomic mass is 9.98. The van der Waals surface area contributed by atoms with Gasteiger partial charge in [-0.3, -0.25) is 0 Å². The number of ether oxygens (including phenoxy) is 1. The van der Waals surface area contributed by atoms with Gasteiger partial charge in [0.2, 0.25) is 0 Å². The highest BCUT2D eigenvalue weighted by atomic mass is 16.5. The summed E-state index contributed by atoms with van der Waals surface area (Å²) in [6, 6.07) is 25.0. The third-order valence-electron chi connectivity index (χ3n) is 5.85. The number of carbonyl (C=O) groups excluding carboxylic acids is 1. The Morgan fingerprint density at radius 3 is 2.45 bits per heavy atom. The average Bonchev–Trinajstić information content (AvgIpc) is 3.41. The first-order valence-corrected chi connectivity index (χ1v) is 10.6. The number of aromatic nitrogens is 1. The molecule has 2 N–H and O–H groups in total. The minimum absolute atomic E-state index is 0.0832. The van der Waals surface area contributed by atoms with Crippen LogP contribution in [0.5, 0.6) is 0 Å². The molecule has 0 saturated carbocycles. The van der Waals surface area contributed by atoms with Crippen LogP contribution >= 0.6 is 0 Å². The van der Waals surface area contributed by atoms with Crippen LogP contribution in [0.3, 0.4) is 0 Å². The van der Waals surface area contributed by atoms with E-state index in [1.807, 2.05) is 24.4 Å². The van der Waals surface area contributed by atoms with Crippen LogP contribution in [0.4, 0.5) is 4.79 Å². The molecular formula is C27H24N2O2. The minimum Gasteiger partial charge on any atom is -0.449 e. The molecule has 5 rings (SSSR count). The number of alkyl carbamates (subject to hydrolysis) is 1. The van der Waals surface area contributed by atoms with Gasteiger partial charge >= 0.3 is 6.09 Å². The van der Waals surface area contributed by atoms with Gasteiger partial charge in [-0.2, -0.15) is 0 Å². The van der Waals surface area contributed by atoms with Crippen LogP contribution in [0.2, 0.25) is 0 Å². The molecule has 1 aliphatic carbocycles. The molecule has 4 aromatic rings. The van der Waals surface area contributed by atoms with E-state index in [4.69, 9.17) is 4.74 Å². The van der Waals surface area contributed by atoms with E-state index in [2.05, 4.69) is 77.1 Å². The third-order valence-corrected chi connectivity index (χ3v) is 5.85. The average molecular weight is 409 g/mol. The van der Waals surface area contributed by atoms with Gasteiger partial charge < -0.3 is 15.0 Å². The van der Waals surface area contributed by atoms with Crippen LogP contribution < -0.4 is 5.32 Å². The van der Waals surface area contributed by atoms with Crippen LogP contribution in [0, 0.1) is 0 Å². The van der Waals surface area contributed by atoms with E-state index in [0.29, 0.717) is 13.2 Å². The predicted molar refractivity (Wildman–Crippen MR) is 125 cm³/mol. The first-order chi connectivity index (χ1) is 15.3. The zero-order valence-corrected chi connectivity index (χ0v) is 17.2. The number of fused-ring (bicyclic) bond motifs is 4. The van der Waals surface area contributed by atoms with E-state index in [1.165, 1.54) is 33.2 Å². The summed E-state index contributed by atoms with van der Waals surface area (Å²) >= 11 is 0. The molecular weight excluding hydrogens is 384 g/mol. The third kappa shape index (κ3) is 3.84. The summed E-state index contributed by atoms with van der Waals surface area (Å²) in [6.45, 7) is 0.876. The molecule has 0 spiro atoms. The van der Waals surface area contributed by atoms with Crippen LogP contribution in [0.25, 0.3) is 28.1 Å². The van der Waals surface area contributed by atoms with Crippen molar-refractivity contribution in [3.63, 3.8) is 0 Å². The lowest BCUT2D eigenvalue weighted by Crippen LogP contribution is -2.26. The van der Waals surface area contributed by atoms with Crippen LogP contribution in [0.15, 0.2) is 85.1 Å². The smallest absolute Gasteiger partial charge is 0.407 e. The summed E-state index contributed by atoms with van der Waals surface area (Å²) in [5.74, 6) is 0.0832. The number of amides is 1. The van der Waals surface area contributed by atoms with Crippen LogP contribution in [-0.4, -0.2) is 24.2 Å². The first-order valence-electron chi connectivity index (χ1n) is 10.6. The van der Waals surface area contributed by atoms with Crippen molar-refractivity contribution in [2.24, 2.45) is 0 Å². The molecule has 0 aliphatic heterocycles. The molecule has 4 heteroatoms. The van der Waals surface area contributed by atoms with Crippen molar-refractivity contribution in [3.8, 4) is 11.1 Å². The molecule has 31 heavy (non-hydrogen) atoms. The highest BCUT2D eigenvalue weighted by Crippen LogP contribution is 2.44. The summed E-state index contributed by atoms with van der Waals surface area (Å²) in [5.41, 5.74) is 7.19. The van der Waals surface area contributed by atoms with Gasteiger partial charge in [0.15, 0.2) is 0 Å². The van der Waals surface area contributed by atoms with Crippen LogP contribution in [0.1, 0.15) is 29.0 Å².